The van der Waals surface area contributed by atoms with Gasteiger partial charge < -0.3 is 4.74 Å². The maximum absolute atomic E-state index is 11.8. The lowest BCUT2D eigenvalue weighted by molar-refractivity contribution is 0.104. The number of rotatable bonds is 6. The number of hydrogen-bond acceptors (Lipinski definition) is 2. The minimum atomic E-state index is 0.00792. The van der Waals surface area contributed by atoms with Crippen LogP contribution in [0.5, 0.6) is 5.75 Å². The van der Waals surface area contributed by atoms with Crippen molar-refractivity contribution in [1.82, 2.24) is 0 Å². The highest BCUT2D eigenvalue weighted by Gasteiger charge is 2.08. The molecule has 0 unspecified atom stereocenters. The van der Waals surface area contributed by atoms with Crippen molar-refractivity contribution in [3.63, 3.8) is 0 Å². The van der Waals surface area contributed by atoms with Gasteiger partial charge in [0.2, 0.25) is 0 Å². The third-order valence-electron chi connectivity index (χ3n) is 2.12. The van der Waals surface area contributed by atoms with Gasteiger partial charge in [0.1, 0.15) is 5.75 Å². The molecule has 0 fully saturated rings. The van der Waals surface area contributed by atoms with Crippen LogP contribution in [-0.4, -0.2) is 12.4 Å². The van der Waals surface area contributed by atoms with E-state index in [0.717, 1.165) is 12.8 Å². The molecule has 0 aliphatic rings. The predicted octanol–water partition coefficient (Wildman–Crippen LogP) is 3.62. The molecular weight excluding hydrogens is 200 g/mol. The quantitative estimate of drug-likeness (QED) is 0.538. The molecule has 0 bridgehead atoms. The Balaban J connectivity index is 2.85. The summed E-state index contributed by atoms with van der Waals surface area (Å²) in [5.41, 5.74) is 0.639. The first-order chi connectivity index (χ1) is 7.79. The zero-order valence-corrected chi connectivity index (χ0v) is 9.90. The van der Waals surface area contributed by atoms with Crippen molar-refractivity contribution >= 4 is 5.78 Å². The molecule has 1 aromatic rings. The highest BCUT2D eigenvalue weighted by atomic mass is 16.5. The van der Waals surface area contributed by atoms with Gasteiger partial charge in [-0.05, 0) is 31.1 Å². The summed E-state index contributed by atoms with van der Waals surface area (Å²) < 4.78 is 5.53. The standard InChI is InChI=1S/C14H18O2/c1-3-5-9-13(15)12-8-6-7-10-14(12)16-11-4-2/h5-10H,3-4,11H2,1-2H3/b9-5+. The predicted molar refractivity (Wildman–Crippen MR) is 66.0 cm³/mol. The Bertz CT molecular complexity index is 367. The van der Waals surface area contributed by atoms with Crippen LogP contribution in [0.4, 0.5) is 0 Å². The van der Waals surface area contributed by atoms with Crippen LogP contribution in [0.2, 0.25) is 0 Å². The molecule has 1 rings (SSSR count). The Kier molecular flexibility index (Phi) is 5.34. The molecule has 0 heterocycles. The first-order valence-corrected chi connectivity index (χ1v) is 5.72. The lowest BCUT2D eigenvalue weighted by atomic mass is 10.1. The molecule has 0 saturated carbocycles. The van der Waals surface area contributed by atoms with E-state index in [1.807, 2.05) is 38.1 Å². The topological polar surface area (TPSA) is 26.3 Å². The largest absolute Gasteiger partial charge is 0.493 e. The maximum atomic E-state index is 11.8. The van der Waals surface area contributed by atoms with E-state index >= 15 is 0 Å². The molecule has 0 spiro atoms. The van der Waals surface area contributed by atoms with E-state index in [2.05, 4.69) is 0 Å². The van der Waals surface area contributed by atoms with Gasteiger partial charge in [-0.2, -0.15) is 0 Å². The second kappa shape index (κ2) is 6.83. The second-order valence-electron chi connectivity index (χ2n) is 3.52. The molecule has 0 saturated heterocycles. The average molecular weight is 218 g/mol. The number of benzene rings is 1. The van der Waals surface area contributed by atoms with E-state index in [4.69, 9.17) is 4.74 Å². The van der Waals surface area contributed by atoms with E-state index in [0.29, 0.717) is 17.9 Å². The Morgan fingerprint density at radius 1 is 1.31 bits per heavy atom. The number of para-hydroxylation sites is 1. The summed E-state index contributed by atoms with van der Waals surface area (Å²) in [6.07, 6.45) is 5.27. The third kappa shape index (κ3) is 3.54. The van der Waals surface area contributed by atoms with Crippen LogP contribution in [0, 0.1) is 0 Å². The smallest absolute Gasteiger partial charge is 0.189 e. The maximum Gasteiger partial charge on any atom is 0.189 e. The van der Waals surface area contributed by atoms with Crippen LogP contribution in [0.25, 0.3) is 0 Å². The number of ether oxygens (including phenoxy) is 1. The van der Waals surface area contributed by atoms with Crippen LogP contribution in [0.15, 0.2) is 36.4 Å². The molecule has 0 atom stereocenters. The van der Waals surface area contributed by atoms with Gasteiger partial charge in [0.15, 0.2) is 5.78 Å². The fraction of sp³-hybridized carbons (Fsp3) is 0.357. The zero-order chi connectivity index (χ0) is 11.8. The molecule has 0 aliphatic carbocycles. The Morgan fingerprint density at radius 3 is 2.75 bits per heavy atom. The molecule has 1 aromatic carbocycles. The molecule has 2 heteroatoms. The first-order valence-electron chi connectivity index (χ1n) is 5.72. The number of ketones is 1. The van der Waals surface area contributed by atoms with Crippen LogP contribution in [-0.2, 0) is 0 Å². The summed E-state index contributed by atoms with van der Waals surface area (Å²) in [6.45, 7) is 4.69. The number of hydrogen-bond donors (Lipinski definition) is 0. The highest BCUT2D eigenvalue weighted by Crippen LogP contribution is 2.19. The minimum absolute atomic E-state index is 0.00792. The van der Waals surface area contributed by atoms with Gasteiger partial charge in [-0.15, -0.1) is 0 Å². The summed E-state index contributed by atoms with van der Waals surface area (Å²) in [4.78, 5) is 11.8. The molecule has 0 aliphatic heterocycles. The van der Waals surface area contributed by atoms with Crippen LogP contribution in [0.1, 0.15) is 37.0 Å². The molecule has 86 valence electrons. The van der Waals surface area contributed by atoms with E-state index in [1.165, 1.54) is 0 Å². The average Bonchev–Trinajstić information content (AvgIpc) is 2.33. The fourth-order valence-electron chi connectivity index (χ4n) is 1.32. The minimum Gasteiger partial charge on any atom is -0.493 e. The van der Waals surface area contributed by atoms with E-state index < -0.39 is 0 Å². The normalized spacial score (nSPS) is 10.6. The second-order valence-corrected chi connectivity index (χ2v) is 3.52. The van der Waals surface area contributed by atoms with Gasteiger partial charge >= 0.3 is 0 Å². The van der Waals surface area contributed by atoms with E-state index in [9.17, 15) is 4.79 Å². The van der Waals surface area contributed by atoms with Crippen molar-refractivity contribution < 1.29 is 9.53 Å². The zero-order valence-electron chi connectivity index (χ0n) is 9.90. The van der Waals surface area contributed by atoms with Crippen molar-refractivity contribution in [1.29, 1.82) is 0 Å². The molecular formula is C14H18O2. The SMILES string of the molecule is CC/C=C/C(=O)c1ccccc1OCCC. The van der Waals surface area contributed by atoms with Crippen LogP contribution < -0.4 is 4.74 Å². The van der Waals surface area contributed by atoms with Crippen molar-refractivity contribution in [2.75, 3.05) is 6.61 Å². The summed E-state index contributed by atoms with van der Waals surface area (Å²) >= 11 is 0. The van der Waals surface area contributed by atoms with Gasteiger partial charge in [-0.3, -0.25) is 4.79 Å². The number of carbonyl (C=O) groups is 1. The lowest BCUT2D eigenvalue weighted by Gasteiger charge is -2.08. The van der Waals surface area contributed by atoms with Crippen molar-refractivity contribution in [2.24, 2.45) is 0 Å². The van der Waals surface area contributed by atoms with Crippen LogP contribution >= 0.6 is 0 Å². The highest BCUT2D eigenvalue weighted by molar-refractivity contribution is 6.06. The fourth-order valence-corrected chi connectivity index (χ4v) is 1.32. The number of carbonyl (C=O) groups excluding carboxylic acids is 1. The molecule has 0 aromatic heterocycles. The van der Waals surface area contributed by atoms with Gasteiger partial charge in [0.25, 0.3) is 0 Å². The first kappa shape index (κ1) is 12.5. The summed E-state index contributed by atoms with van der Waals surface area (Å²) in [5.74, 6) is 0.684. The molecule has 0 radical (unpaired) electrons. The van der Waals surface area contributed by atoms with Crippen molar-refractivity contribution in [3.8, 4) is 5.75 Å². The third-order valence-corrected chi connectivity index (χ3v) is 2.12. The summed E-state index contributed by atoms with van der Waals surface area (Å²) in [6, 6.07) is 7.37. The monoisotopic (exact) mass is 218 g/mol. The Hall–Kier alpha value is -1.57. The number of allylic oxidation sites excluding steroid dienone is 2. The van der Waals surface area contributed by atoms with Gasteiger partial charge in [-0.25, -0.2) is 0 Å². The lowest BCUT2D eigenvalue weighted by Crippen LogP contribution is -2.02. The molecule has 2 nitrogen and oxygen atoms in total. The Labute approximate surface area is 96.9 Å². The van der Waals surface area contributed by atoms with Crippen molar-refractivity contribution in [2.45, 2.75) is 26.7 Å². The van der Waals surface area contributed by atoms with Gasteiger partial charge in [0, 0.05) is 0 Å². The van der Waals surface area contributed by atoms with E-state index in [-0.39, 0.29) is 5.78 Å². The summed E-state index contributed by atoms with van der Waals surface area (Å²) in [5, 5.41) is 0. The van der Waals surface area contributed by atoms with Gasteiger partial charge in [0.05, 0.1) is 12.2 Å². The van der Waals surface area contributed by atoms with Gasteiger partial charge in [-0.1, -0.05) is 32.1 Å². The van der Waals surface area contributed by atoms with Crippen LogP contribution in [0.3, 0.4) is 0 Å². The summed E-state index contributed by atoms with van der Waals surface area (Å²) in [7, 11) is 0. The Morgan fingerprint density at radius 2 is 2.06 bits per heavy atom. The molecule has 0 amide bonds. The molecule has 0 N–H and O–H groups in total. The van der Waals surface area contributed by atoms with Crippen molar-refractivity contribution in [3.05, 3.63) is 42.0 Å². The van der Waals surface area contributed by atoms with E-state index in [1.54, 1.807) is 12.1 Å². The molecule has 16 heavy (non-hydrogen) atoms.